The van der Waals surface area contributed by atoms with Crippen LogP contribution in [0.1, 0.15) is 37.3 Å². The van der Waals surface area contributed by atoms with Crippen LogP contribution in [0.5, 0.6) is 5.75 Å². The van der Waals surface area contributed by atoms with Gasteiger partial charge in [0.25, 0.3) is 0 Å². The number of hydrogen-bond donors (Lipinski definition) is 2. The first-order valence-corrected chi connectivity index (χ1v) is 7.30. The van der Waals surface area contributed by atoms with Gasteiger partial charge in [0.1, 0.15) is 5.75 Å². The molecular weight excluding hydrogens is 254 g/mol. The molecule has 0 bridgehead atoms. The van der Waals surface area contributed by atoms with E-state index in [2.05, 4.69) is 5.32 Å². The number of rotatable bonds is 5. The van der Waals surface area contributed by atoms with E-state index in [4.69, 9.17) is 4.74 Å². The van der Waals surface area contributed by atoms with Crippen molar-refractivity contribution in [2.75, 3.05) is 6.61 Å². The van der Waals surface area contributed by atoms with Crippen molar-refractivity contribution in [2.45, 2.75) is 45.8 Å². The van der Waals surface area contributed by atoms with Crippen molar-refractivity contribution >= 4 is 5.91 Å². The minimum Gasteiger partial charge on any atom is -0.494 e. The molecule has 4 nitrogen and oxygen atoms in total. The molecular formula is C16H23NO3. The predicted octanol–water partition coefficient (Wildman–Crippen LogP) is 2.17. The molecule has 1 saturated carbocycles. The summed E-state index contributed by atoms with van der Waals surface area (Å²) in [4.78, 5) is 12.0. The molecule has 110 valence electrons. The molecule has 2 atom stereocenters. The Labute approximate surface area is 120 Å². The van der Waals surface area contributed by atoms with E-state index < -0.39 is 6.10 Å². The molecule has 1 aliphatic rings. The highest BCUT2D eigenvalue weighted by atomic mass is 16.5. The summed E-state index contributed by atoms with van der Waals surface area (Å²) in [7, 11) is 0. The fourth-order valence-corrected chi connectivity index (χ4v) is 2.71. The Kier molecular flexibility index (Phi) is 5.01. The molecule has 2 rings (SSSR count). The van der Waals surface area contributed by atoms with E-state index in [1.165, 1.54) is 0 Å². The zero-order valence-electron chi connectivity index (χ0n) is 12.2. The molecule has 2 N–H and O–H groups in total. The third-order valence-electron chi connectivity index (χ3n) is 3.82. The highest BCUT2D eigenvalue weighted by Gasteiger charge is 2.31. The van der Waals surface area contributed by atoms with Crippen LogP contribution in [0.15, 0.2) is 18.2 Å². The fraction of sp³-hybridized carbons (Fsp3) is 0.562. The van der Waals surface area contributed by atoms with Crippen molar-refractivity contribution in [3.63, 3.8) is 0 Å². The molecule has 1 aliphatic carbocycles. The number of benzene rings is 1. The van der Waals surface area contributed by atoms with Gasteiger partial charge in [-0.25, -0.2) is 0 Å². The van der Waals surface area contributed by atoms with Crippen molar-refractivity contribution < 1.29 is 14.6 Å². The van der Waals surface area contributed by atoms with Gasteiger partial charge in [-0.3, -0.25) is 4.79 Å². The number of amides is 1. The van der Waals surface area contributed by atoms with Gasteiger partial charge in [0.05, 0.1) is 18.6 Å². The van der Waals surface area contributed by atoms with Gasteiger partial charge >= 0.3 is 0 Å². The van der Waals surface area contributed by atoms with E-state index >= 15 is 0 Å². The third-order valence-corrected chi connectivity index (χ3v) is 3.82. The standard InChI is InChI=1S/C16H23NO3/c1-3-20-15-8-7-12(9-11(15)2)10-17-16(19)13-5-4-6-14(13)18/h7-9,13-14,18H,3-6,10H2,1-2H3,(H,17,19). The van der Waals surface area contributed by atoms with Crippen LogP contribution in [0.2, 0.25) is 0 Å². The Morgan fingerprint density at radius 1 is 1.45 bits per heavy atom. The first kappa shape index (κ1) is 14.9. The van der Waals surface area contributed by atoms with Gasteiger partial charge in [-0.15, -0.1) is 0 Å². The minimum absolute atomic E-state index is 0.0402. The molecule has 1 amide bonds. The predicted molar refractivity (Wildman–Crippen MR) is 77.5 cm³/mol. The van der Waals surface area contributed by atoms with Crippen LogP contribution in [-0.4, -0.2) is 23.7 Å². The summed E-state index contributed by atoms with van der Waals surface area (Å²) in [5, 5.41) is 12.6. The van der Waals surface area contributed by atoms with Gasteiger partial charge in [0.15, 0.2) is 0 Å². The van der Waals surface area contributed by atoms with Crippen LogP contribution >= 0.6 is 0 Å². The van der Waals surface area contributed by atoms with Gasteiger partial charge in [0.2, 0.25) is 5.91 Å². The number of nitrogens with one attached hydrogen (secondary N) is 1. The van der Waals surface area contributed by atoms with Gasteiger partial charge in [-0.05, 0) is 50.3 Å². The molecule has 0 spiro atoms. The number of aliphatic hydroxyl groups excluding tert-OH is 1. The monoisotopic (exact) mass is 277 g/mol. The quantitative estimate of drug-likeness (QED) is 0.867. The second-order valence-electron chi connectivity index (χ2n) is 5.36. The average Bonchev–Trinajstić information content (AvgIpc) is 2.85. The summed E-state index contributed by atoms with van der Waals surface area (Å²) in [5.41, 5.74) is 2.12. The van der Waals surface area contributed by atoms with Crippen LogP contribution in [-0.2, 0) is 11.3 Å². The number of aryl methyl sites for hydroxylation is 1. The fourth-order valence-electron chi connectivity index (χ4n) is 2.71. The maximum Gasteiger partial charge on any atom is 0.225 e. The molecule has 1 fully saturated rings. The van der Waals surface area contributed by atoms with Crippen molar-refractivity contribution in [1.29, 1.82) is 0 Å². The van der Waals surface area contributed by atoms with Crippen molar-refractivity contribution in [2.24, 2.45) is 5.92 Å². The molecule has 1 aromatic carbocycles. The van der Waals surface area contributed by atoms with Crippen LogP contribution < -0.4 is 10.1 Å². The summed E-state index contributed by atoms with van der Waals surface area (Å²) in [6.07, 6.45) is 1.98. The number of carbonyl (C=O) groups is 1. The largest absolute Gasteiger partial charge is 0.494 e. The number of carbonyl (C=O) groups excluding carboxylic acids is 1. The van der Waals surface area contributed by atoms with Crippen LogP contribution in [0.3, 0.4) is 0 Å². The second-order valence-corrected chi connectivity index (χ2v) is 5.36. The van der Waals surface area contributed by atoms with Crippen LogP contribution in [0.4, 0.5) is 0 Å². The van der Waals surface area contributed by atoms with E-state index in [0.29, 0.717) is 13.2 Å². The SMILES string of the molecule is CCOc1ccc(CNC(=O)C2CCCC2O)cc1C. The maximum atomic E-state index is 12.0. The Morgan fingerprint density at radius 3 is 2.85 bits per heavy atom. The summed E-state index contributed by atoms with van der Waals surface area (Å²) < 4.78 is 5.49. The summed E-state index contributed by atoms with van der Waals surface area (Å²) in [6.45, 7) is 5.10. The van der Waals surface area contributed by atoms with Crippen LogP contribution in [0.25, 0.3) is 0 Å². The lowest BCUT2D eigenvalue weighted by atomic mass is 10.0. The molecule has 0 aromatic heterocycles. The maximum absolute atomic E-state index is 12.0. The van der Waals surface area contributed by atoms with E-state index in [0.717, 1.165) is 36.1 Å². The van der Waals surface area contributed by atoms with Crippen molar-refractivity contribution in [3.8, 4) is 5.75 Å². The molecule has 4 heteroatoms. The zero-order valence-corrected chi connectivity index (χ0v) is 12.2. The molecule has 0 radical (unpaired) electrons. The smallest absolute Gasteiger partial charge is 0.225 e. The van der Waals surface area contributed by atoms with Gasteiger partial charge in [0, 0.05) is 6.54 Å². The normalized spacial score (nSPS) is 21.8. The minimum atomic E-state index is -0.475. The van der Waals surface area contributed by atoms with E-state index in [9.17, 15) is 9.90 Å². The molecule has 20 heavy (non-hydrogen) atoms. The molecule has 0 aliphatic heterocycles. The van der Waals surface area contributed by atoms with E-state index in [1.54, 1.807) is 0 Å². The number of ether oxygens (including phenoxy) is 1. The van der Waals surface area contributed by atoms with Gasteiger partial charge < -0.3 is 15.2 Å². The lowest BCUT2D eigenvalue weighted by molar-refractivity contribution is -0.127. The summed E-state index contributed by atoms with van der Waals surface area (Å²) in [5.74, 6) is 0.606. The average molecular weight is 277 g/mol. The zero-order chi connectivity index (χ0) is 14.5. The van der Waals surface area contributed by atoms with Crippen molar-refractivity contribution in [1.82, 2.24) is 5.32 Å². The van der Waals surface area contributed by atoms with Crippen LogP contribution in [0, 0.1) is 12.8 Å². The summed E-state index contributed by atoms with van der Waals surface area (Å²) in [6, 6.07) is 5.92. The molecule has 1 aromatic rings. The Bertz CT molecular complexity index is 473. The van der Waals surface area contributed by atoms with E-state index in [1.807, 2.05) is 32.0 Å². The third kappa shape index (κ3) is 3.51. The highest BCUT2D eigenvalue weighted by Crippen LogP contribution is 2.25. The first-order chi connectivity index (χ1) is 9.61. The summed E-state index contributed by atoms with van der Waals surface area (Å²) >= 11 is 0. The van der Waals surface area contributed by atoms with E-state index in [-0.39, 0.29) is 11.8 Å². The first-order valence-electron chi connectivity index (χ1n) is 7.30. The number of hydrogen-bond acceptors (Lipinski definition) is 3. The molecule has 0 heterocycles. The molecule has 0 saturated heterocycles. The lowest BCUT2D eigenvalue weighted by Crippen LogP contribution is -2.34. The Hall–Kier alpha value is -1.55. The number of aliphatic hydroxyl groups is 1. The Balaban J connectivity index is 1.90. The van der Waals surface area contributed by atoms with Gasteiger partial charge in [-0.1, -0.05) is 12.1 Å². The lowest BCUT2D eigenvalue weighted by Gasteiger charge is -2.15. The Morgan fingerprint density at radius 2 is 2.25 bits per heavy atom. The highest BCUT2D eigenvalue weighted by molar-refractivity contribution is 5.79. The van der Waals surface area contributed by atoms with Gasteiger partial charge in [-0.2, -0.15) is 0 Å². The molecule has 2 unspecified atom stereocenters. The second kappa shape index (κ2) is 6.75. The van der Waals surface area contributed by atoms with Crippen molar-refractivity contribution in [3.05, 3.63) is 29.3 Å². The topological polar surface area (TPSA) is 58.6 Å².